The van der Waals surface area contributed by atoms with Crippen LogP contribution in [0.25, 0.3) is 0 Å². The summed E-state index contributed by atoms with van der Waals surface area (Å²) in [5.41, 5.74) is 0.973. The lowest BCUT2D eigenvalue weighted by atomic mass is 10.1. The predicted molar refractivity (Wildman–Crippen MR) is 75.6 cm³/mol. The van der Waals surface area contributed by atoms with Crippen molar-refractivity contribution in [3.8, 4) is 0 Å². The highest BCUT2D eigenvalue weighted by Crippen LogP contribution is 2.27. The van der Waals surface area contributed by atoms with Crippen LogP contribution in [0.2, 0.25) is 5.02 Å². The van der Waals surface area contributed by atoms with Gasteiger partial charge in [-0.25, -0.2) is 0 Å². The fourth-order valence-corrected chi connectivity index (χ4v) is 2.23. The summed E-state index contributed by atoms with van der Waals surface area (Å²) < 4.78 is 0. The van der Waals surface area contributed by atoms with Crippen LogP contribution >= 0.6 is 27.5 Å². The number of rotatable bonds is 4. The minimum Gasteiger partial charge on any atom is -0.338 e. The van der Waals surface area contributed by atoms with E-state index in [1.165, 1.54) is 0 Å². The van der Waals surface area contributed by atoms with E-state index in [0.29, 0.717) is 5.02 Å². The fraction of sp³-hybridized carbons (Fsp3) is 0.462. The quantitative estimate of drug-likeness (QED) is 0.767. The van der Waals surface area contributed by atoms with E-state index in [0.717, 1.165) is 12.0 Å². The van der Waals surface area contributed by atoms with E-state index in [-0.39, 0.29) is 16.8 Å². The van der Waals surface area contributed by atoms with Gasteiger partial charge < -0.3 is 4.90 Å². The molecule has 0 fully saturated rings. The third-order valence-electron chi connectivity index (χ3n) is 2.91. The van der Waals surface area contributed by atoms with E-state index >= 15 is 0 Å². The average Bonchev–Trinajstić information content (AvgIpc) is 2.35. The van der Waals surface area contributed by atoms with E-state index in [9.17, 15) is 4.79 Å². The number of amides is 1. The Labute approximate surface area is 116 Å². The SMILES string of the molecule is CCC(Br)C(=O)N(C)C(C)c1ccccc1Cl. The van der Waals surface area contributed by atoms with Crippen LogP contribution in [0.1, 0.15) is 31.9 Å². The van der Waals surface area contributed by atoms with Gasteiger partial charge in [0.05, 0.1) is 10.9 Å². The van der Waals surface area contributed by atoms with Crippen LogP contribution in [0.5, 0.6) is 0 Å². The van der Waals surface area contributed by atoms with Crippen molar-refractivity contribution >= 4 is 33.4 Å². The Hall–Kier alpha value is -0.540. The third kappa shape index (κ3) is 3.46. The second-order valence-electron chi connectivity index (χ2n) is 4.02. The molecule has 94 valence electrons. The van der Waals surface area contributed by atoms with Crippen LogP contribution in [-0.2, 0) is 4.79 Å². The molecule has 17 heavy (non-hydrogen) atoms. The molecule has 0 saturated carbocycles. The zero-order valence-corrected chi connectivity index (χ0v) is 12.6. The molecule has 0 aliphatic rings. The van der Waals surface area contributed by atoms with Gasteiger partial charge in [0.1, 0.15) is 0 Å². The van der Waals surface area contributed by atoms with E-state index in [1.54, 1.807) is 11.9 Å². The molecule has 0 heterocycles. The topological polar surface area (TPSA) is 20.3 Å². The number of alkyl halides is 1. The summed E-state index contributed by atoms with van der Waals surface area (Å²) in [7, 11) is 1.81. The first-order chi connectivity index (χ1) is 7.99. The smallest absolute Gasteiger partial charge is 0.236 e. The van der Waals surface area contributed by atoms with Gasteiger partial charge >= 0.3 is 0 Å². The molecule has 0 spiro atoms. The predicted octanol–water partition coefficient (Wildman–Crippen LogP) is 4.03. The second kappa shape index (κ2) is 6.41. The molecule has 0 N–H and O–H groups in total. The first-order valence-electron chi connectivity index (χ1n) is 5.64. The van der Waals surface area contributed by atoms with Crippen molar-refractivity contribution in [1.29, 1.82) is 0 Å². The van der Waals surface area contributed by atoms with Crippen molar-refractivity contribution in [2.75, 3.05) is 7.05 Å². The Morgan fingerprint density at radius 3 is 2.59 bits per heavy atom. The Morgan fingerprint density at radius 2 is 2.06 bits per heavy atom. The minimum atomic E-state index is -0.127. The van der Waals surface area contributed by atoms with Crippen molar-refractivity contribution in [2.45, 2.75) is 31.1 Å². The molecule has 2 atom stereocenters. The molecular weight excluding hydrogens is 302 g/mol. The summed E-state index contributed by atoms with van der Waals surface area (Å²) in [5.74, 6) is 0.0833. The number of benzene rings is 1. The first kappa shape index (κ1) is 14.5. The fourth-order valence-electron chi connectivity index (χ4n) is 1.61. The summed E-state index contributed by atoms with van der Waals surface area (Å²) in [6.07, 6.45) is 0.776. The van der Waals surface area contributed by atoms with Gasteiger partial charge in [-0.05, 0) is 25.0 Å². The molecule has 2 nitrogen and oxygen atoms in total. The van der Waals surface area contributed by atoms with Crippen LogP contribution in [0.15, 0.2) is 24.3 Å². The van der Waals surface area contributed by atoms with Gasteiger partial charge in [-0.3, -0.25) is 4.79 Å². The third-order valence-corrected chi connectivity index (χ3v) is 4.29. The Kier molecular flexibility index (Phi) is 5.47. The molecule has 0 bridgehead atoms. The van der Waals surface area contributed by atoms with Crippen molar-refractivity contribution < 1.29 is 4.79 Å². The molecule has 0 saturated heterocycles. The van der Waals surface area contributed by atoms with Crippen molar-refractivity contribution in [1.82, 2.24) is 4.90 Å². The van der Waals surface area contributed by atoms with Gasteiger partial charge in [0.25, 0.3) is 0 Å². The first-order valence-corrected chi connectivity index (χ1v) is 6.93. The molecule has 1 amide bonds. The Morgan fingerprint density at radius 1 is 1.47 bits per heavy atom. The van der Waals surface area contributed by atoms with Crippen molar-refractivity contribution in [3.63, 3.8) is 0 Å². The van der Waals surface area contributed by atoms with Crippen molar-refractivity contribution in [2.24, 2.45) is 0 Å². The van der Waals surface area contributed by atoms with Gasteiger partial charge in [-0.2, -0.15) is 0 Å². The highest BCUT2D eigenvalue weighted by atomic mass is 79.9. The van der Waals surface area contributed by atoms with Crippen LogP contribution in [0.4, 0.5) is 0 Å². The van der Waals surface area contributed by atoms with Crippen LogP contribution in [-0.4, -0.2) is 22.7 Å². The molecule has 1 aromatic carbocycles. The van der Waals surface area contributed by atoms with Gasteiger partial charge in [-0.1, -0.05) is 52.7 Å². The maximum Gasteiger partial charge on any atom is 0.236 e. The van der Waals surface area contributed by atoms with Crippen LogP contribution in [0, 0.1) is 0 Å². The second-order valence-corrected chi connectivity index (χ2v) is 5.53. The van der Waals surface area contributed by atoms with Gasteiger partial charge in [0.15, 0.2) is 0 Å². The lowest BCUT2D eigenvalue weighted by Crippen LogP contribution is -2.35. The number of nitrogens with zero attached hydrogens (tertiary/aromatic N) is 1. The zero-order chi connectivity index (χ0) is 13.0. The lowest BCUT2D eigenvalue weighted by molar-refractivity contribution is -0.131. The van der Waals surface area contributed by atoms with Gasteiger partial charge in [0, 0.05) is 12.1 Å². The van der Waals surface area contributed by atoms with Crippen LogP contribution < -0.4 is 0 Å². The molecule has 0 aliphatic heterocycles. The summed E-state index contributed by atoms with van der Waals surface area (Å²) in [6, 6.07) is 7.59. The van der Waals surface area contributed by atoms with E-state index < -0.39 is 0 Å². The summed E-state index contributed by atoms with van der Waals surface area (Å²) >= 11 is 9.51. The molecule has 0 radical (unpaired) electrons. The van der Waals surface area contributed by atoms with Gasteiger partial charge in [-0.15, -0.1) is 0 Å². The average molecular weight is 319 g/mol. The van der Waals surface area contributed by atoms with Gasteiger partial charge in [0.2, 0.25) is 5.91 Å². The Balaban J connectivity index is 2.87. The molecule has 2 unspecified atom stereocenters. The highest BCUT2D eigenvalue weighted by Gasteiger charge is 2.23. The maximum atomic E-state index is 12.0. The van der Waals surface area contributed by atoms with E-state index in [2.05, 4.69) is 15.9 Å². The number of hydrogen-bond donors (Lipinski definition) is 0. The molecule has 4 heteroatoms. The molecule has 0 aliphatic carbocycles. The van der Waals surface area contributed by atoms with E-state index in [1.807, 2.05) is 38.1 Å². The van der Waals surface area contributed by atoms with Crippen molar-refractivity contribution in [3.05, 3.63) is 34.9 Å². The summed E-state index contributed by atoms with van der Waals surface area (Å²) in [5, 5.41) is 0.697. The summed E-state index contributed by atoms with van der Waals surface area (Å²) in [6.45, 7) is 3.96. The zero-order valence-electron chi connectivity index (χ0n) is 10.3. The monoisotopic (exact) mass is 317 g/mol. The lowest BCUT2D eigenvalue weighted by Gasteiger charge is -2.27. The number of halogens is 2. The molecule has 1 aromatic rings. The standard InChI is InChI=1S/C13H17BrClNO/c1-4-11(14)13(17)16(3)9(2)10-7-5-6-8-12(10)15/h5-9,11H,4H2,1-3H3. The highest BCUT2D eigenvalue weighted by molar-refractivity contribution is 9.10. The minimum absolute atomic E-state index is 0.0252. The number of carbonyl (C=O) groups is 1. The number of carbonyl (C=O) groups excluding carboxylic acids is 1. The molecule has 1 rings (SSSR count). The maximum absolute atomic E-state index is 12.0. The number of hydrogen-bond acceptors (Lipinski definition) is 1. The Bertz CT molecular complexity index is 397. The normalized spacial score (nSPS) is 14.2. The molecular formula is C13H17BrClNO. The van der Waals surface area contributed by atoms with E-state index in [4.69, 9.17) is 11.6 Å². The largest absolute Gasteiger partial charge is 0.338 e. The van der Waals surface area contributed by atoms with Crippen LogP contribution in [0.3, 0.4) is 0 Å². The summed E-state index contributed by atoms with van der Waals surface area (Å²) in [4.78, 5) is 13.6. The molecule has 0 aromatic heterocycles.